The number of hydrogen-bond acceptors (Lipinski definition) is 4. The van der Waals surface area contributed by atoms with E-state index < -0.39 is 0 Å². The van der Waals surface area contributed by atoms with Gasteiger partial charge in [-0.25, -0.2) is 0 Å². The lowest BCUT2D eigenvalue weighted by atomic mass is 10.2. The molecule has 0 radical (unpaired) electrons. The van der Waals surface area contributed by atoms with Crippen LogP contribution in [0.5, 0.6) is 17.2 Å². The summed E-state index contributed by atoms with van der Waals surface area (Å²) < 4.78 is 16.8. The van der Waals surface area contributed by atoms with E-state index in [4.69, 9.17) is 14.2 Å². The van der Waals surface area contributed by atoms with E-state index in [0.29, 0.717) is 6.54 Å². The molecule has 2 aromatic rings. The van der Waals surface area contributed by atoms with Crippen molar-refractivity contribution in [1.29, 1.82) is 0 Å². The predicted octanol–water partition coefficient (Wildman–Crippen LogP) is 4.09. The lowest BCUT2D eigenvalue weighted by molar-refractivity contribution is 0.354. The van der Waals surface area contributed by atoms with Gasteiger partial charge in [0.05, 0.1) is 27.0 Å². The van der Waals surface area contributed by atoms with E-state index in [0.717, 1.165) is 33.0 Å². The third kappa shape index (κ3) is 3.82. The minimum absolute atomic E-state index is 0.673. The third-order valence-electron chi connectivity index (χ3n) is 3.10. The summed E-state index contributed by atoms with van der Waals surface area (Å²) >= 11 is 3.52. The largest absolute Gasteiger partial charge is 0.497 e. The maximum Gasteiger partial charge on any atom is 0.161 e. The lowest BCUT2D eigenvalue weighted by Gasteiger charge is -2.12. The summed E-state index contributed by atoms with van der Waals surface area (Å²) in [7, 11) is 4.91. The van der Waals surface area contributed by atoms with E-state index in [1.807, 2.05) is 36.4 Å². The first-order valence-electron chi connectivity index (χ1n) is 6.46. The molecule has 0 saturated carbocycles. The highest BCUT2D eigenvalue weighted by Crippen LogP contribution is 2.30. The van der Waals surface area contributed by atoms with Crippen LogP contribution < -0.4 is 19.5 Å². The molecule has 1 N–H and O–H groups in total. The second kappa shape index (κ2) is 7.22. The van der Waals surface area contributed by atoms with Gasteiger partial charge in [0.1, 0.15) is 5.75 Å². The van der Waals surface area contributed by atoms with Crippen molar-refractivity contribution in [2.24, 2.45) is 0 Å². The average Bonchev–Trinajstić information content (AvgIpc) is 2.53. The van der Waals surface area contributed by atoms with Gasteiger partial charge < -0.3 is 19.5 Å². The molecule has 0 aliphatic rings. The van der Waals surface area contributed by atoms with Crippen molar-refractivity contribution in [3.63, 3.8) is 0 Å². The second-order valence-electron chi connectivity index (χ2n) is 4.39. The maximum atomic E-state index is 5.31. The quantitative estimate of drug-likeness (QED) is 0.850. The van der Waals surface area contributed by atoms with Crippen LogP contribution in [-0.2, 0) is 6.54 Å². The van der Waals surface area contributed by atoms with Crippen molar-refractivity contribution >= 4 is 21.6 Å². The number of anilines is 1. The molecule has 0 aliphatic carbocycles. The van der Waals surface area contributed by atoms with E-state index in [2.05, 4.69) is 21.2 Å². The highest BCUT2D eigenvalue weighted by molar-refractivity contribution is 9.10. The zero-order chi connectivity index (χ0) is 15.2. The first kappa shape index (κ1) is 15.5. The summed E-state index contributed by atoms with van der Waals surface area (Å²) in [6, 6.07) is 11.7. The molecule has 2 aromatic carbocycles. The van der Waals surface area contributed by atoms with Crippen LogP contribution in [0.2, 0.25) is 0 Å². The van der Waals surface area contributed by atoms with E-state index in [1.54, 1.807) is 21.3 Å². The number of hydrogen-bond donors (Lipinski definition) is 1. The fourth-order valence-corrected chi connectivity index (χ4v) is 2.34. The molecule has 112 valence electrons. The SMILES string of the molecule is COc1ccc(Br)c(NCc2ccc(OC)c(OC)c2)c1. The van der Waals surface area contributed by atoms with Crippen LogP contribution in [0.15, 0.2) is 40.9 Å². The maximum absolute atomic E-state index is 5.31. The Morgan fingerprint density at radius 3 is 2.33 bits per heavy atom. The molecule has 21 heavy (non-hydrogen) atoms. The Morgan fingerprint density at radius 1 is 0.905 bits per heavy atom. The first-order valence-corrected chi connectivity index (χ1v) is 7.25. The van der Waals surface area contributed by atoms with E-state index in [1.165, 1.54) is 0 Å². The molecule has 4 nitrogen and oxygen atoms in total. The zero-order valence-corrected chi connectivity index (χ0v) is 13.9. The van der Waals surface area contributed by atoms with Crippen molar-refractivity contribution in [3.8, 4) is 17.2 Å². The Kier molecular flexibility index (Phi) is 5.33. The molecule has 5 heteroatoms. The number of rotatable bonds is 6. The van der Waals surface area contributed by atoms with Crippen molar-refractivity contribution in [1.82, 2.24) is 0 Å². The molecule has 0 aliphatic heterocycles. The second-order valence-corrected chi connectivity index (χ2v) is 5.24. The van der Waals surface area contributed by atoms with Crippen molar-refractivity contribution in [2.45, 2.75) is 6.54 Å². The van der Waals surface area contributed by atoms with Crippen LogP contribution in [0.1, 0.15) is 5.56 Å². The molecule has 0 heterocycles. The molecule has 0 aromatic heterocycles. The minimum Gasteiger partial charge on any atom is -0.497 e. The molecule has 0 amide bonds. The molecule has 0 unspecified atom stereocenters. The predicted molar refractivity (Wildman–Crippen MR) is 87.6 cm³/mol. The highest BCUT2D eigenvalue weighted by atomic mass is 79.9. The summed E-state index contributed by atoms with van der Waals surface area (Å²) in [5.74, 6) is 2.26. The fourth-order valence-electron chi connectivity index (χ4n) is 1.95. The summed E-state index contributed by atoms with van der Waals surface area (Å²) in [4.78, 5) is 0. The van der Waals surface area contributed by atoms with Crippen LogP contribution in [0.25, 0.3) is 0 Å². The Bertz CT molecular complexity index is 616. The van der Waals surface area contributed by atoms with Gasteiger partial charge >= 0.3 is 0 Å². The average molecular weight is 352 g/mol. The van der Waals surface area contributed by atoms with Crippen LogP contribution >= 0.6 is 15.9 Å². The summed E-state index contributed by atoms with van der Waals surface area (Å²) in [5, 5.41) is 3.37. The minimum atomic E-state index is 0.673. The van der Waals surface area contributed by atoms with Crippen LogP contribution in [0.4, 0.5) is 5.69 Å². The molecule has 0 bridgehead atoms. The molecular formula is C16H18BrNO3. The number of ether oxygens (including phenoxy) is 3. The van der Waals surface area contributed by atoms with Gasteiger partial charge in [-0.2, -0.15) is 0 Å². The number of halogens is 1. The Hall–Kier alpha value is -1.88. The highest BCUT2D eigenvalue weighted by Gasteiger charge is 2.06. The monoisotopic (exact) mass is 351 g/mol. The van der Waals surface area contributed by atoms with Gasteiger partial charge in [0.15, 0.2) is 11.5 Å². The summed E-state index contributed by atoms with van der Waals surface area (Å²) in [5.41, 5.74) is 2.08. The summed E-state index contributed by atoms with van der Waals surface area (Å²) in [6.07, 6.45) is 0. The van der Waals surface area contributed by atoms with Gasteiger partial charge in [-0.15, -0.1) is 0 Å². The Labute approximate surface area is 133 Å². The first-order chi connectivity index (χ1) is 10.2. The van der Waals surface area contributed by atoms with Gasteiger partial charge in [0.25, 0.3) is 0 Å². The smallest absolute Gasteiger partial charge is 0.161 e. The number of nitrogens with one attached hydrogen (secondary N) is 1. The van der Waals surface area contributed by atoms with Gasteiger partial charge in [0, 0.05) is 17.1 Å². The Morgan fingerprint density at radius 2 is 1.67 bits per heavy atom. The van der Waals surface area contributed by atoms with Crippen molar-refractivity contribution in [2.75, 3.05) is 26.6 Å². The van der Waals surface area contributed by atoms with Crippen LogP contribution in [-0.4, -0.2) is 21.3 Å². The van der Waals surface area contributed by atoms with Crippen LogP contribution in [0.3, 0.4) is 0 Å². The van der Waals surface area contributed by atoms with Gasteiger partial charge in [-0.1, -0.05) is 6.07 Å². The van der Waals surface area contributed by atoms with Gasteiger partial charge in [-0.05, 0) is 45.8 Å². The molecule has 0 saturated heterocycles. The van der Waals surface area contributed by atoms with Crippen molar-refractivity contribution < 1.29 is 14.2 Å². The number of methoxy groups -OCH3 is 3. The summed E-state index contributed by atoms with van der Waals surface area (Å²) in [6.45, 7) is 0.673. The molecule has 0 atom stereocenters. The Balaban J connectivity index is 2.13. The normalized spacial score (nSPS) is 10.1. The standard InChI is InChI=1S/C16H18BrNO3/c1-19-12-5-6-13(17)14(9-12)18-10-11-4-7-15(20-2)16(8-11)21-3/h4-9,18H,10H2,1-3H3. The molecular weight excluding hydrogens is 334 g/mol. The fraction of sp³-hybridized carbons (Fsp3) is 0.250. The lowest BCUT2D eigenvalue weighted by Crippen LogP contribution is -2.01. The van der Waals surface area contributed by atoms with E-state index >= 15 is 0 Å². The molecule has 0 spiro atoms. The number of benzene rings is 2. The third-order valence-corrected chi connectivity index (χ3v) is 3.80. The zero-order valence-electron chi connectivity index (χ0n) is 12.3. The van der Waals surface area contributed by atoms with Gasteiger partial charge in [-0.3, -0.25) is 0 Å². The topological polar surface area (TPSA) is 39.7 Å². The van der Waals surface area contributed by atoms with E-state index in [9.17, 15) is 0 Å². The van der Waals surface area contributed by atoms with E-state index in [-0.39, 0.29) is 0 Å². The molecule has 0 fully saturated rings. The van der Waals surface area contributed by atoms with Crippen molar-refractivity contribution in [3.05, 3.63) is 46.4 Å². The molecule has 2 rings (SSSR count). The van der Waals surface area contributed by atoms with Gasteiger partial charge in [0.2, 0.25) is 0 Å². The van der Waals surface area contributed by atoms with Crippen LogP contribution in [0, 0.1) is 0 Å².